The minimum Gasteiger partial charge on any atom is -0.307 e. The summed E-state index contributed by atoms with van der Waals surface area (Å²) in [5.41, 5.74) is 8.74. The van der Waals surface area contributed by atoms with Crippen molar-refractivity contribution < 1.29 is 0 Å². The van der Waals surface area contributed by atoms with E-state index >= 15 is 0 Å². The summed E-state index contributed by atoms with van der Waals surface area (Å²) in [6.45, 7) is 0. The molecule has 0 radical (unpaired) electrons. The van der Waals surface area contributed by atoms with Gasteiger partial charge in [0, 0.05) is 57.5 Å². The zero-order chi connectivity index (χ0) is 37.8. The molecule has 0 aliphatic heterocycles. The van der Waals surface area contributed by atoms with Gasteiger partial charge in [-0.2, -0.15) is 15.8 Å². The molecule has 6 aromatic carbocycles. The highest BCUT2D eigenvalue weighted by Crippen LogP contribution is 2.43. The van der Waals surface area contributed by atoms with Gasteiger partial charge in [-0.3, -0.25) is 0 Å². The second-order valence-electron chi connectivity index (χ2n) is 13.3. The molecule has 0 N–H and O–H groups in total. The zero-order valence-corrected chi connectivity index (χ0v) is 29.5. The molecule has 0 aliphatic rings. The first-order chi connectivity index (χ1) is 27.7. The largest absolute Gasteiger partial charge is 0.307 e. The van der Waals surface area contributed by atoms with Gasteiger partial charge in [-0.1, -0.05) is 60.7 Å². The molecule has 0 spiro atoms. The SMILES string of the molecule is N#Cc1cc(C#N)cc(-c2cc(-n3c4ccccc4c4cccc(-c5ncccn5)c43)c(C#N)c(-n3c4ccccc4c4cccc(-c5ncccn5)c43)c2)c1. The number of rotatable bonds is 5. The van der Waals surface area contributed by atoms with E-state index in [1.165, 1.54) is 0 Å². The molecule has 4 heterocycles. The van der Waals surface area contributed by atoms with Crippen molar-refractivity contribution >= 4 is 43.6 Å². The quantitative estimate of drug-likeness (QED) is 0.173. The highest BCUT2D eigenvalue weighted by molar-refractivity contribution is 6.15. The molecule has 4 aromatic heterocycles. The third-order valence-electron chi connectivity index (χ3n) is 10.2. The molecule has 0 saturated carbocycles. The second-order valence-corrected chi connectivity index (χ2v) is 13.3. The van der Waals surface area contributed by atoms with Gasteiger partial charge in [0.1, 0.15) is 11.6 Å². The van der Waals surface area contributed by atoms with Gasteiger partial charge in [0.15, 0.2) is 11.6 Å². The van der Waals surface area contributed by atoms with Crippen LogP contribution in [0.3, 0.4) is 0 Å². The van der Waals surface area contributed by atoms with Gasteiger partial charge in [-0.25, -0.2) is 19.9 Å². The van der Waals surface area contributed by atoms with Gasteiger partial charge in [-0.15, -0.1) is 0 Å². The standard InChI is InChI=1S/C47H25N9/c48-26-29-21-30(27-49)23-31(22-29)32-24-42(55-40-15-3-1-9-33(40)35-11-5-13-37(44(35)55)46-51-17-7-18-52-46)39(28-50)43(25-32)56-41-16-4-2-10-34(41)36-12-6-14-38(45(36)56)47-53-19-8-20-54-47/h1-25H. The average molecular weight is 716 g/mol. The van der Waals surface area contributed by atoms with E-state index in [0.29, 0.717) is 50.8 Å². The third-order valence-corrected chi connectivity index (χ3v) is 10.2. The first kappa shape index (κ1) is 32.2. The molecule has 0 unspecified atom stereocenters. The van der Waals surface area contributed by atoms with E-state index in [9.17, 15) is 15.8 Å². The summed E-state index contributed by atoms with van der Waals surface area (Å²) in [5, 5.41) is 35.5. The maximum atomic E-state index is 11.5. The van der Waals surface area contributed by atoms with Gasteiger partial charge < -0.3 is 9.13 Å². The third kappa shape index (κ3) is 4.92. The molecule has 0 fully saturated rings. The Balaban J connectivity index is 1.42. The Morgan fingerprint density at radius 3 is 1.29 bits per heavy atom. The van der Waals surface area contributed by atoms with Crippen molar-refractivity contribution in [1.82, 2.24) is 29.1 Å². The van der Waals surface area contributed by atoms with Crippen molar-refractivity contribution in [3.8, 4) is 63.5 Å². The molecule has 0 amide bonds. The van der Waals surface area contributed by atoms with Crippen LogP contribution in [-0.4, -0.2) is 29.1 Å². The molecule has 10 aromatic rings. The lowest BCUT2D eigenvalue weighted by atomic mass is 9.97. The van der Waals surface area contributed by atoms with E-state index in [2.05, 4.69) is 71.5 Å². The predicted molar refractivity (Wildman–Crippen MR) is 217 cm³/mol. The lowest BCUT2D eigenvalue weighted by Crippen LogP contribution is -2.06. The highest BCUT2D eigenvalue weighted by Gasteiger charge is 2.25. The first-order valence-corrected chi connectivity index (χ1v) is 17.8. The lowest BCUT2D eigenvalue weighted by molar-refractivity contribution is 1.11. The van der Waals surface area contributed by atoms with Crippen molar-refractivity contribution in [2.45, 2.75) is 0 Å². The molecule has 0 aliphatic carbocycles. The van der Waals surface area contributed by atoms with E-state index in [-0.39, 0.29) is 0 Å². The molecule has 0 saturated heterocycles. The Morgan fingerprint density at radius 2 is 0.839 bits per heavy atom. The van der Waals surface area contributed by atoms with E-state index < -0.39 is 0 Å². The van der Waals surface area contributed by atoms with Gasteiger partial charge in [-0.05, 0) is 77.9 Å². The van der Waals surface area contributed by atoms with Crippen LogP contribution in [0.2, 0.25) is 0 Å². The van der Waals surface area contributed by atoms with E-state index in [0.717, 1.165) is 54.7 Å². The number of hydrogen-bond acceptors (Lipinski definition) is 7. The topological polar surface area (TPSA) is 133 Å². The lowest BCUT2D eigenvalue weighted by Gasteiger charge is -2.19. The van der Waals surface area contributed by atoms with Gasteiger partial charge in [0.25, 0.3) is 0 Å². The molecule has 0 bridgehead atoms. The highest BCUT2D eigenvalue weighted by atomic mass is 15.0. The summed E-state index contributed by atoms with van der Waals surface area (Å²) in [5.74, 6) is 1.10. The first-order valence-electron chi connectivity index (χ1n) is 17.8. The van der Waals surface area contributed by atoms with E-state index in [1.807, 2.05) is 72.8 Å². The van der Waals surface area contributed by atoms with Gasteiger partial charge >= 0.3 is 0 Å². The zero-order valence-electron chi connectivity index (χ0n) is 29.5. The average Bonchev–Trinajstić information content (AvgIpc) is 3.79. The Hall–Kier alpha value is -8.45. The molecule has 56 heavy (non-hydrogen) atoms. The van der Waals surface area contributed by atoms with Crippen molar-refractivity contribution in [2.75, 3.05) is 0 Å². The van der Waals surface area contributed by atoms with Gasteiger partial charge in [0.2, 0.25) is 0 Å². The second kappa shape index (κ2) is 12.9. The van der Waals surface area contributed by atoms with Gasteiger partial charge in [0.05, 0.1) is 56.7 Å². The number of nitriles is 3. The van der Waals surface area contributed by atoms with Crippen LogP contribution in [0.25, 0.3) is 88.9 Å². The van der Waals surface area contributed by atoms with Crippen molar-refractivity contribution in [3.63, 3.8) is 0 Å². The summed E-state index contributed by atoms with van der Waals surface area (Å²) in [7, 11) is 0. The number of hydrogen-bond donors (Lipinski definition) is 0. The monoisotopic (exact) mass is 715 g/mol. The van der Waals surface area contributed by atoms with Crippen LogP contribution in [0.5, 0.6) is 0 Å². The van der Waals surface area contributed by atoms with E-state index in [4.69, 9.17) is 0 Å². The maximum Gasteiger partial charge on any atom is 0.161 e. The summed E-state index contributed by atoms with van der Waals surface area (Å²) < 4.78 is 4.24. The van der Waals surface area contributed by atoms with Crippen LogP contribution in [0, 0.1) is 34.0 Å². The molecule has 258 valence electrons. The number of benzene rings is 6. The van der Waals surface area contributed by atoms with E-state index in [1.54, 1.807) is 55.1 Å². The minimum atomic E-state index is 0.354. The molecule has 9 heteroatoms. The summed E-state index contributed by atoms with van der Waals surface area (Å²) >= 11 is 0. The molecule has 0 atom stereocenters. The number of aromatic nitrogens is 6. The molecular formula is C47H25N9. The fourth-order valence-corrected chi connectivity index (χ4v) is 7.94. The van der Waals surface area contributed by atoms with Crippen LogP contribution < -0.4 is 0 Å². The van der Waals surface area contributed by atoms with Crippen molar-refractivity contribution in [1.29, 1.82) is 15.8 Å². The Kier molecular flexibility index (Phi) is 7.42. The van der Waals surface area contributed by atoms with Crippen LogP contribution in [0.15, 0.2) is 152 Å². The predicted octanol–water partition coefficient (Wildman–Crippen LogP) is 10.1. The Labute approximate surface area is 319 Å². The van der Waals surface area contributed by atoms with Crippen molar-refractivity contribution in [3.05, 3.63) is 169 Å². The fraction of sp³-hybridized carbons (Fsp3) is 0. The smallest absolute Gasteiger partial charge is 0.161 e. The van der Waals surface area contributed by atoms with Crippen LogP contribution in [0.4, 0.5) is 0 Å². The Morgan fingerprint density at radius 1 is 0.411 bits per heavy atom. The fourth-order valence-electron chi connectivity index (χ4n) is 7.94. The number of nitrogens with zero attached hydrogens (tertiary/aromatic N) is 9. The normalized spacial score (nSPS) is 11.2. The van der Waals surface area contributed by atoms with Crippen LogP contribution in [-0.2, 0) is 0 Å². The maximum absolute atomic E-state index is 11.5. The molecular weight excluding hydrogens is 691 g/mol. The number of para-hydroxylation sites is 4. The molecule has 9 nitrogen and oxygen atoms in total. The summed E-state index contributed by atoms with van der Waals surface area (Å²) in [4.78, 5) is 18.6. The van der Waals surface area contributed by atoms with Crippen LogP contribution in [0.1, 0.15) is 16.7 Å². The number of fused-ring (bicyclic) bond motifs is 6. The van der Waals surface area contributed by atoms with Crippen LogP contribution >= 0.6 is 0 Å². The minimum absolute atomic E-state index is 0.354. The Bertz CT molecular complexity index is 3130. The summed E-state index contributed by atoms with van der Waals surface area (Å²) in [6, 6.07) is 48.1. The summed E-state index contributed by atoms with van der Waals surface area (Å²) in [6.07, 6.45) is 6.88. The van der Waals surface area contributed by atoms with Crippen molar-refractivity contribution in [2.24, 2.45) is 0 Å². The molecule has 10 rings (SSSR count).